The molecule has 0 unspecified atom stereocenters. The molecule has 34 heavy (non-hydrogen) atoms. The lowest BCUT2D eigenvalue weighted by Crippen LogP contribution is -2.36. The minimum atomic E-state index is -0.560. The van der Waals surface area contributed by atoms with Crippen LogP contribution in [0.5, 0.6) is 17.2 Å². The topological polar surface area (TPSA) is 94.1 Å². The number of carbonyl (C=O) groups excluding carboxylic acids is 2. The van der Waals surface area contributed by atoms with Crippen LogP contribution >= 0.6 is 0 Å². The highest BCUT2D eigenvalue weighted by molar-refractivity contribution is 6.04. The zero-order valence-corrected chi connectivity index (χ0v) is 19.8. The van der Waals surface area contributed by atoms with Crippen molar-refractivity contribution in [3.05, 3.63) is 76.1 Å². The summed E-state index contributed by atoms with van der Waals surface area (Å²) in [5, 5.41) is 13.1. The Bertz CT molecular complexity index is 1180. The molecule has 2 atom stereocenters. The molecule has 0 saturated carbocycles. The van der Waals surface area contributed by atoms with Crippen LogP contribution in [0.1, 0.15) is 49.7 Å². The monoisotopic (exact) mass is 463 g/mol. The molecule has 0 spiro atoms. The quantitative estimate of drug-likeness (QED) is 0.616. The third-order valence-electron chi connectivity index (χ3n) is 6.43. The Balaban J connectivity index is 1.77. The summed E-state index contributed by atoms with van der Waals surface area (Å²) in [6.07, 6.45) is 0.915. The van der Waals surface area contributed by atoms with Gasteiger partial charge in [0.15, 0.2) is 17.3 Å². The van der Waals surface area contributed by atoms with E-state index in [9.17, 15) is 14.7 Å². The first-order valence-electron chi connectivity index (χ1n) is 11.3. The number of aromatic hydroxyl groups is 1. The second-order valence-electron chi connectivity index (χ2n) is 8.44. The molecule has 0 bridgehead atoms. The number of hydrogen-bond acceptors (Lipinski definition) is 7. The van der Waals surface area contributed by atoms with Gasteiger partial charge >= 0.3 is 5.97 Å². The van der Waals surface area contributed by atoms with Crippen LogP contribution < -0.4 is 14.8 Å². The zero-order valence-electron chi connectivity index (χ0n) is 19.8. The smallest absolute Gasteiger partial charge is 0.336 e. The number of phenols is 1. The molecule has 2 aromatic carbocycles. The van der Waals surface area contributed by atoms with E-state index in [-0.39, 0.29) is 24.1 Å². The number of phenolic OH excluding ortho intramolecular Hbond substituents is 1. The van der Waals surface area contributed by atoms with Crippen molar-refractivity contribution < 1.29 is 28.9 Å². The van der Waals surface area contributed by atoms with E-state index in [2.05, 4.69) is 5.32 Å². The number of carbonyl (C=O) groups is 2. The fourth-order valence-corrected chi connectivity index (χ4v) is 4.86. The number of Topliss-reactive ketones (excluding diaryl/α,β-unsaturated/α-hetero) is 1. The molecule has 2 aromatic rings. The van der Waals surface area contributed by atoms with Crippen LogP contribution in [0.3, 0.4) is 0 Å². The summed E-state index contributed by atoms with van der Waals surface area (Å²) >= 11 is 0. The molecular weight excluding hydrogens is 434 g/mol. The highest BCUT2D eigenvalue weighted by Gasteiger charge is 2.41. The van der Waals surface area contributed by atoms with E-state index in [4.69, 9.17) is 14.2 Å². The molecule has 0 fully saturated rings. The van der Waals surface area contributed by atoms with E-state index in [0.717, 1.165) is 16.8 Å². The molecule has 7 nitrogen and oxygen atoms in total. The van der Waals surface area contributed by atoms with E-state index in [1.165, 1.54) is 0 Å². The number of rotatable bonds is 6. The van der Waals surface area contributed by atoms with Crippen molar-refractivity contribution in [3.8, 4) is 17.2 Å². The minimum absolute atomic E-state index is 0.0269. The number of ketones is 1. The maximum Gasteiger partial charge on any atom is 0.336 e. The molecule has 1 aliphatic carbocycles. The van der Waals surface area contributed by atoms with Gasteiger partial charge in [-0.1, -0.05) is 18.2 Å². The summed E-state index contributed by atoms with van der Waals surface area (Å²) in [5.74, 6) is 0.285. The van der Waals surface area contributed by atoms with Gasteiger partial charge in [-0.2, -0.15) is 0 Å². The first kappa shape index (κ1) is 23.4. The van der Waals surface area contributed by atoms with E-state index >= 15 is 0 Å². The van der Waals surface area contributed by atoms with Crippen molar-refractivity contribution in [1.82, 2.24) is 5.32 Å². The molecule has 4 rings (SSSR count). The standard InChI is InChI=1S/C27H29NO6/c1-5-34-27(31)24-15(2)28-20-12-18(17-8-11-22(32-3)23(14-17)33-4)13-21(30)26(20)25(24)16-6-9-19(29)10-7-16/h6-11,14,18,25,28-29H,5,12-13H2,1-4H3/t18-,25+/m1/s1. The summed E-state index contributed by atoms with van der Waals surface area (Å²) in [7, 11) is 3.18. The highest BCUT2D eigenvalue weighted by atomic mass is 16.5. The van der Waals surface area contributed by atoms with Crippen molar-refractivity contribution >= 4 is 11.8 Å². The molecule has 7 heteroatoms. The van der Waals surface area contributed by atoms with Crippen LogP contribution in [-0.4, -0.2) is 37.7 Å². The SMILES string of the molecule is CCOC(=O)C1=C(C)NC2=C(C(=O)C[C@H](c3ccc(OC)c(OC)c3)C2)[C@H]1c1ccc(O)cc1. The Kier molecular flexibility index (Phi) is 6.63. The number of ether oxygens (including phenoxy) is 3. The van der Waals surface area contributed by atoms with Gasteiger partial charge in [-0.3, -0.25) is 4.79 Å². The van der Waals surface area contributed by atoms with Crippen LogP contribution in [0.15, 0.2) is 65.0 Å². The van der Waals surface area contributed by atoms with Crippen molar-refractivity contribution in [2.45, 2.75) is 38.5 Å². The molecule has 178 valence electrons. The Hall–Kier alpha value is -3.74. The first-order valence-corrected chi connectivity index (χ1v) is 11.3. The number of hydrogen-bond donors (Lipinski definition) is 2. The number of dihydropyridines is 1. The summed E-state index contributed by atoms with van der Waals surface area (Å²) in [4.78, 5) is 26.5. The Morgan fingerprint density at radius 2 is 1.71 bits per heavy atom. The largest absolute Gasteiger partial charge is 0.508 e. The normalized spacial score (nSPS) is 19.9. The molecule has 1 heterocycles. The fraction of sp³-hybridized carbons (Fsp3) is 0.333. The van der Waals surface area contributed by atoms with Gasteiger partial charge in [0.2, 0.25) is 0 Å². The predicted molar refractivity (Wildman–Crippen MR) is 127 cm³/mol. The summed E-state index contributed by atoms with van der Waals surface area (Å²) in [5.41, 5.74) is 4.21. The van der Waals surface area contributed by atoms with E-state index < -0.39 is 11.9 Å². The molecule has 0 amide bonds. The maximum atomic E-state index is 13.6. The van der Waals surface area contributed by atoms with Crippen LogP contribution in [0.4, 0.5) is 0 Å². The predicted octanol–water partition coefficient (Wildman–Crippen LogP) is 4.33. The maximum absolute atomic E-state index is 13.6. The van der Waals surface area contributed by atoms with Crippen molar-refractivity contribution in [3.63, 3.8) is 0 Å². The minimum Gasteiger partial charge on any atom is -0.508 e. The summed E-state index contributed by atoms with van der Waals surface area (Å²) < 4.78 is 16.1. The Morgan fingerprint density at radius 1 is 1.03 bits per heavy atom. The van der Waals surface area contributed by atoms with Gasteiger partial charge in [0, 0.05) is 29.3 Å². The third-order valence-corrected chi connectivity index (χ3v) is 6.43. The lowest BCUT2D eigenvalue weighted by molar-refractivity contribution is -0.138. The third kappa shape index (κ3) is 4.25. The van der Waals surface area contributed by atoms with Crippen molar-refractivity contribution in [1.29, 1.82) is 0 Å². The molecule has 1 aliphatic heterocycles. The second kappa shape index (κ2) is 9.63. The van der Waals surface area contributed by atoms with Gasteiger partial charge in [0.05, 0.1) is 26.4 Å². The average Bonchev–Trinajstić information content (AvgIpc) is 2.83. The highest BCUT2D eigenvalue weighted by Crippen LogP contribution is 2.46. The lowest BCUT2D eigenvalue weighted by atomic mass is 9.71. The summed E-state index contributed by atoms with van der Waals surface area (Å²) in [6, 6.07) is 12.3. The molecule has 2 aliphatic rings. The van der Waals surface area contributed by atoms with Gasteiger partial charge in [0.1, 0.15) is 5.75 Å². The van der Waals surface area contributed by atoms with Crippen LogP contribution in [0, 0.1) is 0 Å². The van der Waals surface area contributed by atoms with Crippen LogP contribution in [0.25, 0.3) is 0 Å². The zero-order chi connectivity index (χ0) is 24.4. The molecule has 0 aromatic heterocycles. The van der Waals surface area contributed by atoms with Gasteiger partial charge < -0.3 is 24.6 Å². The number of esters is 1. The second-order valence-corrected chi connectivity index (χ2v) is 8.44. The van der Waals surface area contributed by atoms with Crippen molar-refractivity contribution in [2.75, 3.05) is 20.8 Å². The molecule has 2 N–H and O–H groups in total. The molecular formula is C27H29NO6. The lowest BCUT2D eigenvalue weighted by Gasteiger charge is -2.36. The number of methoxy groups -OCH3 is 2. The number of nitrogens with one attached hydrogen (secondary N) is 1. The molecule has 0 saturated heterocycles. The van der Waals surface area contributed by atoms with E-state index in [1.54, 1.807) is 45.4 Å². The van der Waals surface area contributed by atoms with Gasteiger partial charge in [-0.15, -0.1) is 0 Å². The Morgan fingerprint density at radius 3 is 2.35 bits per heavy atom. The first-order chi connectivity index (χ1) is 16.4. The van der Waals surface area contributed by atoms with Gasteiger partial charge in [-0.05, 0) is 61.6 Å². The summed E-state index contributed by atoms with van der Waals surface area (Å²) in [6.45, 7) is 3.82. The van der Waals surface area contributed by atoms with E-state index in [1.807, 2.05) is 25.1 Å². The Labute approximate surface area is 199 Å². The average molecular weight is 464 g/mol. The molecule has 0 radical (unpaired) electrons. The van der Waals surface area contributed by atoms with E-state index in [0.29, 0.717) is 41.2 Å². The van der Waals surface area contributed by atoms with Gasteiger partial charge in [-0.25, -0.2) is 4.79 Å². The van der Waals surface area contributed by atoms with Gasteiger partial charge in [0.25, 0.3) is 0 Å². The number of benzene rings is 2. The van der Waals surface area contributed by atoms with Crippen LogP contribution in [-0.2, 0) is 14.3 Å². The number of allylic oxidation sites excluding steroid dienone is 3. The fourth-order valence-electron chi connectivity index (χ4n) is 4.86. The van der Waals surface area contributed by atoms with Crippen molar-refractivity contribution in [2.24, 2.45) is 0 Å². The van der Waals surface area contributed by atoms with Crippen LogP contribution in [0.2, 0.25) is 0 Å².